The summed E-state index contributed by atoms with van der Waals surface area (Å²) in [7, 11) is -1.37. The molecule has 0 fully saturated rings. The van der Waals surface area contributed by atoms with Gasteiger partial charge in [-0.05, 0) is 5.56 Å². The van der Waals surface area contributed by atoms with Crippen LogP contribution < -0.4 is 10.6 Å². The molecule has 0 aliphatic carbocycles. The van der Waals surface area contributed by atoms with E-state index < -0.39 is 9.84 Å². The lowest BCUT2D eigenvalue weighted by Crippen LogP contribution is -2.41. The van der Waals surface area contributed by atoms with Gasteiger partial charge >= 0.3 is 0 Å². The van der Waals surface area contributed by atoms with Gasteiger partial charge in [0.2, 0.25) is 0 Å². The Hall–Kier alpha value is -0.870. The number of aliphatic hydroxyl groups is 1. The van der Waals surface area contributed by atoms with Crippen molar-refractivity contribution >= 4 is 39.8 Å². The van der Waals surface area contributed by atoms with Crippen LogP contribution in [0.25, 0.3) is 0 Å². The molecule has 0 heterocycles. The predicted molar refractivity (Wildman–Crippen MR) is 101 cm³/mol. The number of aliphatic imine (C=N–C) groups is 1. The lowest BCUT2D eigenvalue weighted by Gasteiger charge is -2.18. The fraction of sp³-hybridized carbons (Fsp3) is 0.500. The molecule has 0 aliphatic rings. The van der Waals surface area contributed by atoms with Crippen LogP contribution in [0.1, 0.15) is 11.5 Å². The molecular formula is C14H24IN3O3S. The van der Waals surface area contributed by atoms with Gasteiger partial charge in [-0.1, -0.05) is 30.3 Å². The molecule has 0 aromatic heterocycles. The van der Waals surface area contributed by atoms with Crippen molar-refractivity contribution in [3.63, 3.8) is 0 Å². The number of guanidine groups is 1. The van der Waals surface area contributed by atoms with E-state index in [4.69, 9.17) is 0 Å². The second kappa shape index (κ2) is 10.8. The van der Waals surface area contributed by atoms with Gasteiger partial charge < -0.3 is 15.7 Å². The second-order valence-electron chi connectivity index (χ2n) is 4.80. The van der Waals surface area contributed by atoms with Gasteiger partial charge in [-0.3, -0.25) is 4.99 Å². The number of hydrogen-bond donors (Lipinski definition) is 3. The molecule has 1 aromatic carbocycles. The minimum absolute atomic E-state index is 0. The van der Waals surface area contributed by atoms with Gasteiger partial charge in [-0.15, -0.1) is 24.0 Å². The van der Waals surface area contributed by atoms with Crippen LogP contribution >= 0.6 is 24.0 Å². The predicted octanol–water partition coefficient (Wildman–Crippen LogP) is 0.590. The fourth-order valence-corrected chi connectivity index (χ4v) is 2.28. The van der Waals surface area contributed by atoms with Gasteiger partial charge in [0.15, 0.2) is 5.96 Å². The Bertz CT molecular complexity index is 550. The zero-order valence-corrected chi connectivity index (χ0v) is 16.0. The summed E-state index contributed by atoms with van der Waals surface area (Å²) in [6.45, 7) is 0.837. The van der Waals surface area contributed by atoms with Crippen molar-refractivity contribution in [2.45, 2.75) is 5.92 Å². The quantitative estimate of drug-likeness (QED) is 0.328. The van der Waals surface area contributed by atoms with E-state index in [0.29, 0.717) is 19.0 Å². The SMILES string of the molecule is CN=C(NCCS(C)(=O)=O)NCC(CO)c1ccccc1.I. The van der Waals surface area contributed by atoms with Crippen molar-refractivity contribution in [1.82, 2.24) is 10.6 Å². The summed E-state index contributed by atoms with van der Waals surface area (Å²) in [6, 6.07) is 9.70. The first-order chi connectivity index (χ1) is 9.96. The standard InChI is InChI=1S/C14H23N3O3S.HI/c1-15-14(16-8-9-21(2,19)20)17-10-13(11-18)12-6-4-3-5-7-12;/h3-7,13,18H,8-11H2,1-2H3,(H2,15,16,17);1H. The number of nitrogens with zero attached hydrogens (tertiary/aromatic N) is 1. The molecule has 1 atom stereocenters. The van der Waals surface area contributed by atoms with Gasteiger partial charge in [0.25, 0.3) is 0 Å². The Labute approximate surface area is 149 Å². The molecular weight excluding hydrogens is 417 g/mol. The summed E-state index contributed by atoms with van der Waals surface area (Å²) in [6.07, 6.45) is 1.20. The van der Waals surface area contributed by atoms with Crippen LogP contribution in [0.3, 0.4) is 0 Å². The fourth-order valence-electron chi connectivity index (χ4n) is 1.81. The molecule has 0 saturated carbocycles. The monoisotopic (exact) mass is 441 g/mol. The highest BCUT2D eigenvalue weighted by Crippen LogP contribution is 2.13. The Morgan fingerprint density at radius 1 is 1.27 bits per heavy atom. The van der Waals surface area contributed by atoms with Crippen LogP contribution in [-0.2, 0) is 9.84 Å². The second-order valence-corrected chi connectivity index (χ2v) is 7.06. The molecule has 1 aromatic rings. The minimum atomic E-state index is -2.99. The molecule has 1 rings (SSSR count). The van der Waals surface area contributed by atoms with E-state index in [1.807, 2.05) is 30.3 Å². The smallest absolute Gasteiger partial charge is 0.191 e. The van der Waals surface area contributed by atoms with E-state index in [1.165, 1.54) is 6.26 Å². The van der Waals surface area contributed by atoms with Crippen LogP contribution in [0.2, 0.25) is 0 Å². The highest BCUT2D eigenvalue weighted by molar-refractivity contribution is 14.0. The van der Waals surface area contributed by atoms with Crippen LogP contribution in [0.4, 0.5) is 0 Å². The first-order valence-corrected chi connectivity index (χ1v) is 8.80. The molecule has 1 unspecified atom stereocenters. The van der Waals surface area contributed by atoms with Crippen molar-refractivity contribution < 1.29 is 13.5 Å². The molecule has 0 amide bonds. The van der Waals surface area contributed by atoms with Gasteiger partial charge in [0.05, 0.1) is 12.4 Å². The maximum atomic E-state index is 11.1. The summed E-state index contributed by atoms with van der Waals surface area (Å²) >= 11 is 0. The van der Waals surface area contributed by atoms with Gasteiger partial charge in [-0.25, -0.2) is 8.42 Å². The van der Waals surface area contributed by atoms with E-state index in [1.54, 1.807) is 7.05 Å². The normalized spacial score (nSPS) is 13.1. The number of sulfone groups is 1. The highest BCUT2D eigenvalue weighted by atomic mass is 127. The zero-order valence-electron chi connectivity index (χ0n) is 12.8. The molecule has 0 saturated heterocycles. The summed E-state index contributed by atoms with van der Waals surface area (Å²) in [5.41, 5.74) is 1.04. The Balaban J connectivity index is 0.00000441. The molecule has 0 radical (unpaired) electrons. The third-order valence-electron chi connectivity index (χ3n) is 3.00. The number of aliphatic hydroxyl groups excluding tert-OH is 1. The number of hydrogen-bond acceptors (Lipinski definition) is 4. The average molecular weight is 441 g/mol. The molecule has 0 spiro atoms. The molecule has 6 nitrogen and oxygen atoms in total. The van der Waals surface area contributed by atoms with Crippen LogP contribution in [0.5, 0.6) is 0 Å². The van der Waals surface area contributed by atoms with Crippen molar-refractivity contribution in [2.75, 3.05) is 38.8 Å². The van der Waals surface area contributed by atoms with Crippen molar-refractivity contribution in [1.29, 1.82) is 0 Å². The highest BCUT2D eigenvalue weighted by Gasteiger charge is 2.11. The third-order valence-corrected chi connectivity index (χ3v) is 3.94. The Morgan fingerprint density at radius 2 is 1.91 bits per heavy atom. The van der Waals surface area contributed by atoms with Crippen molar-refractivity contribution in [3.8, 4) is 0 Å². The van der Waals surface area contributed by atoms with E-state index in [0.717, 1.165) is 5.56 Å². The molecule has 3 N–H and O–H groups in total. The topological polar surface area (TPSA) is 90.8 Å². The summed E-state index contributed by atoms with van der Waals surface area (Å²) < 4.78 is 22.1. The molecule has 0 aliphatic heterocycles. The molecule has 22 heavy (non-hydrogen) atoms. The number of nitrogens with one attached hydrogen (secondary N) is 2. The lowest BCUT2D eigenvalue weighted by molar-refractivity contribution is 0.265. The summed E-state index contributed by atoms with van der Waals surface area (Å²) in [5, 5.41) is 15.5. The third kappa shape index (κ3) is 8.54. The maximum Gasteiger partial charge on any atom is 0.191 e. The van der Waals surface area contributed by atoms with E-state index in [2.05, 4.69) is 15.6 Å². The van der Waals surface area contributed by atoms with Gasteiger partial charge in [0.1, 0.15) is 9.84 Å². The van der Waals surface area contributed by atoms with Crippen LogP contribution in [-0.4, -0.2) is 58.2 Å². The van der Waals surface area contributed by atoms with E-state index in [9.17, 15) is 13.5 Å². The summed E-state index contributed by atoms with van der Waals surface area (Å²) in [4.78, 5) is 4.03. The maximum absolute atomic E-state index is 11.1. The minimum Gasteiger partial charge on any atom is -0.396 e. The zero-order chi connectivity index (χ0) is 15.7. The number of halogens is 1. The van der Waals surface area contributed by atoms with Crippen molar-refractivity contribution in [3.05, 3.63) is 35.9 Å². The number of rotatable bonds is 7. The van der Waals surface area contributed by atoms with Gasteiger partial charge in [0, 0.05) is 32.3 Å². The van der Waals surface area contributed by atoms with Crippen LogP contribution in [0, 0.1) is 0 Å². The first kappa shape index (κ1) is 21.1. The first-order valence-electron chi connectivity index (χ1n) is 6.74. The average Bonchev–Trinajstić information content (AvgIpc) is 2.46. The largest absolute Gasteiger partial charge is 0.396 e. The Kier molecular flexibility index (Phi) is 10.4. The molecule has 8 heteroatoms. The van der Waals surface area contributed by atoms with E-state index in [-0.39, 0.29) is 42.3 Å². The molecule has 0 bridgehead atoms. The van der Waals surface area contributed by atoms with Crippen LogP contribution in [0.15, 0.2) is 35.3 Å². The Morgan fingerprint density at radius 3 is 2.41 bits per heavy atom. The lowest BCUT2D eigenvalue weighted by atomic mass is 10.0. The van der Waals surface area contributed by atoms with E-state index >= 15 is 0 Å². The summed E-state index contributed by atoms with van der Waals surface area (Å²) in [5.74, 6) is 0.531. The number of benzene rings is 1. The van der Waals surface area contributed by atoms with Gasteiger partial charge in [-0.2, -0.15) is 0 Å². The van der Waals surface area contributed by atoms with Crippen molar-refractivity contribution in [2.24, 2.45) is 4.99 Å². The molecule has 126 valence electrons.